The van der Waals surface area contributed by atoms with Crippen molar-refractivity contribution < 1.29 is 19.1 Å². The van der Waals surface area contributed by atoms with Gasteiger partial charge < -0.3 is 19.7 Å². The molecule has 0 unspecified atom stereocenters. The van der Waals surface area contributed by atoms with Crippen LogP contribution in [0.25, 0.3) is 0 Å². The van der Waals surface area contributed by atoms with Crippen molar-refractivity contribution in [2.45, 2.75) is 20.3 Å². The second kappa shape index (κ2) is 8.61. The van der Waals surface area contributed by atoms with Crippen LogP contribution in [0, 0.1) is 0 Å². The zero-order valence-electron chi connectivity index (χ0n) is 16.2. The van der Waals surface area contributed by atoms with Crippen molar-refractivity contribution in [3.63, 3.8) is 0 Å². The lowest BCUT2D eigenvalue weighted by atomic mass is 10.2. The number of aryl methyl sites for hydroxylation is 1. The van der Waals surface area contributed by atoms with Crippen LogP contribution in [0.15, 0.2) is 54.6 Å². The SMILES string of the molecule is C=C(C)CN1C(=O)COc2ccc(NC(=O)COc3cccc(CC)c3)cc21. The molecule has 0 saturated heterocycles. The van der Waals surface area contributed by atoms with Crippen molar-refractivity contribution in [3.8, 4) is 11.5 Å². The van der Waals surface area contributed by atoms with E-state index < -0.39 is 0 Å². The number of rotatable bonds is 7. The molecule has 146 valence electrons. The van der Waals surface area contributed by atoms with Gasteiger partial charge in [-0.3, -0.25) is 9.59 Å². The monoisotopic (exact) mass is 380 g/mol. The van der Waals surface area contributed by atoms with Gasteiger partial charge in [-0.2, -0.15) is 0 Å². The molecule has 28 heavy (non-hydrogen) atoms. The van der Waals surface area contributed by atoms with Crippen molar-refractivity contribution >= 4 is 23.2 Å². The van der Waals surface area contributed by atoms with E-state index in [-0.39, 0.29) is 25.0 Å². The predicted molar refractivity (Wildman–Crippen MR) is 109 cm³/mol. The van der Waals surface area contributed by atoms with E-state index in [2.05, 4.69) is 18.8 Å². The van der Waals surface area contributed by atoms with Crippen LogP contribution >= 0.6 is 0 Å². The van der Waals surface area contributed by atoms with E-state index in [1.165, 1.54) is 0 Å². The van der Waals surface area contributed by atoms with E-state index in [9.17, 15) is 9.59 Å². The fourth-order valence-corrected chi connectivity index (χ4v) is 2.92. The van der Waals surface area contributed by atoms with Gasteiger partial charge in [-0.15, -0.1) is 0 Å². The molecule has 0 spiro atoms. The first-order valence-electron chi connectivity index (χ1n) is 9.19. The molecule has 6 nitrogen and oxygen atoms in total. The van der Waals surface area contributed by atoms with Crippen LogP contribution in [0.2, 0.25) is 0 Å². The summed E-state index contributed by atoms with van der Waals surface area (Å²) in [5.41, 5.74) is 3.20. The fraction of sp³-hybridized carbons (Fsp3) is 0.273. The summed E-state index contributed by atoms with van der Waals surface area (Å²) in [5, 5.41) is 2.80. The van der Waals surface area contributed by atoms with Gasteiger partial charge in [0.2, 0.25) is 0 Å². The molecule has 0 bridgehead atoms. The zero-order valence-corrected chi connectivity index (χ0v) is 16.2. The molecule has 0 fully saturated rings. The van der Waals surface area contributed by atoms with E-state index in [0.29, 0.717) is 29.4 Å². The van der Waals surface area contributed by atoms with E-state index in [4.69, 9.17) is 9.47 Å². The highest BCUT2D eigenvalue weighted by molar-refractivity contribution is 6.00. The van der Waals surface area contributed by atoms with Crippen LogP contribution in [0.5, 0.6) is 11.5 Å². The Hall–Kier alpha value is -3.28. The summed E-state index contributed by atoms with van der Waals surface area (Å²) < 4.78 is 11.0. The second-order valence-corrected chi connectivity index (χ2v) is 6.75. The standard InChI is InChI=1S/C22H24N2O4/c1-4-16-6-5-7-18(10-16)27-13-21(25)23-17-8-9-20-19(11-17)24(12-15(2)3)22(26)14-28-20/h5-11H,2,4,12-14H2,1,3H3,(H,23,25). The van der Waals surface area contributed by atoms with Crippen LogP contribution in [-0.2, 0) is 16.0 Å². The summed E-state index contributed by atoms with van der Waals surface area (Å²) in [5.74, 6) is 0.840. The third kappa shape index (κ3) is 4.71. The number of ether oxygens (including phenoxy) is 2. The Balaban J connectivity index is 1.67. The van der Waals surface area contributed by atoms with Gasteiger partial charge in [0.1, 0.15) is 11.5 Å². The average Bonchev–Trinajstić information content (AvgIpc) is 2.68. The Morgan fingerprint density at radius 2 is 2.11 bits per heavy atom. The molecule has 6 heteroatoms. The summed E-state index contributed by atoms with van der Waals surface area (Å²) in [6.07, 6.45) is 0.903. The normalized spacial score (nSPS) is 12.8. The number of hydrogen-bond acceptors (Lipinski definition) is 4. The number of nitrogens with zero attached hydrogens (tertiary/aromatic N) is 1. The lowest BCUT2D eigenvalue weighted by Gasteiger charge is -2.30. The van der Waals surface area contributed by atoms with E-state index >= 15 is 0 Å². The summed E-state index contributed by atoms with van der Waals surface area (Å²) in [4.78, 5) is 26.1. The smallest absolute Gasteiger partial charge is 0.265 e. The van der Waals surface area contributed by atoms with Gasteiger partial charge in [-0.1, -0.05) is 31.2 Å². The third-order valence-corrected chi connectivity index (χ3v) is 4.29. The minimum Gasteiger partial charge on any atom is -0.484 e. The largest absolute Gasteiger partial charge is 0.484 e. The number of carbonyl (C=O) groups excluding carboxylic acids is 2. The molecule has 0 radical (unpaired) electrons. The lowest BCUT2D eigenvalue weighted by molar-refractivity contribution is -0.121. The summed E-state index contributed by atoms with van der Waals surface area (Å²) >= 11 is 0. The highest BCUT2D eigenvalue weighted by atomic mass is 16.5. The number of carbonyl (C=O) groups is 2. The highest BCUT2D eigenvalue weighted by Gasteiger charge is 2.25. The second-order valence-electron chi connectivity index (χ2n) is 6.75. The van der Waals surface area contributed by atoms with Crippen LogP contribution in [0.3, 0.4) is 0 Å². The molecule has 0 saturated carbocycles. The van der Waals surface area contributed by atoms with Gasteiger partial charge in [0.05, 0.1) is 5.69 Å². The number of hydrogen-bond donors (Lipinski definition) is 1. The van der Waals surface area contributed by atoms with Crippen LogP contribution in [0.1, 0.15) is 19.4 Å². The molecule has 3 rings (SSSR count). The minimum absolute atomic E-state index is 0.00332. The Kier molecular flexibility index (Phi) is 5.99. The van der Waals surface area contributed by atoms with Crippen molar-refractivity contribution in [1.82, 2.24) is 0 Å². The maximum absolute atomic E-state index is 12.3. The number of amides is 2. The molecule has 0 aliphatic carbocycles. The number of anilines is 2. The summed E-state index contributed by atoms with van der Waals surface area (Å²) in [6, 6.07) is 12.9. The molecular weight excluding hydrogens is 356 g/mol. The van der Waals surface area contributed by atoms with Crippen molar-refractivity contribution in [2.24, 2.45) is 0 Å². The first kappa shape index (κ1) is 19.5. The summed E-state index contributed by atoms with van der Waals surface area (Å²) in [6.45, 7) is 8.10. The molecule has 1 N–H and O–H groups in total. The third-order valence-electron chi connectivity index (χ3n) is 4.29. The maximum atomic E-state index is 12.3. The van der Waals surface area contributed by atoms with Gasteiger partial charge in [0, 0.05) is 12.2 Å². The molecule has 2 amide bonds. The number of nitrogens with one attached hydrogen (secondary N) is 1. The molecule has 1 aliphatic heterocycles. The van der Waals surface area contributed by atoms with Crippen LogP contribution in [-0.4, -0.2) is 31.6 Å². The lowest BCUT2D eigenvalue weighted by Crippen LogP contribution is -2.39. The average molecular weight is 380 g/mol. The molecule has 2 aromatic rings. The van der Waals surface area contributed by atoms with E-state index in [1.807, 2.05) is 31.2 Å². The predicted octanol–water partition coefficient (Wildman–Crippen LogP) is 3.57. The highest BCUT2D eigenvalue weighted by Crippen LogP contribution is 2.34. The van der Waals surface area contributed by atoms with Crippen molar-refractivity contribution in [2.75, 3.05) is 30.0 Å². The van der Waals surface area contributed by atoms with E-state index in [0.717, 1.165) is 17.6 Å². The van der Waals surface area contributed by atoms with Crippen LogP contribution < -0.4 is 19.7 Å². The topological polar surface area (TPSA) is 67.9 Å². The van der Waals surface area contributed by atoms with E-state index in [1.54, 1.807) is 23.1 Å². The minimum atomic E-state index is -0.281. The van der Waals surface area contributed by atoms with Crippen LogP contribution in [0.4, 0.5) is 11.4 Å². The van der Waals surface area contributed by atoms with Crippen molar-refractivity contribution in [3.05, 3.63) is 60.2 Å². The number of fused-ring (bicyclic) bond motifs is 1. The Bertz CT molecular complexity index is 907. The Morgan fingerprint density at radius 3 is 2.86 bits per heavy atom. The van der Waals surface area contributed by atoms with Gasteiger partial charge in [0.25, 0.3) is 11.8 Å². The molecular formula is C22H24N2O4. The molecule has 2 aromatic carbocycles. The summed E-state index contributed by atoms with van der Waals surface area (Å²) in [7, 11) is 0. The Morgan fingerprint density at radius 1 is 1.29 bits per heavy atom. The zero-order chi connectivity index (χ0) is 20.1. The first-order chi connectivity index (χ1) is 13.5. The molecule has 1 aliphatic rings. The quantitative estimate of drug-likeness (QED) is 0.746. The van der Waals surface area contributed by atoms with Gasteiger partial charge in [0.15, 0.2) is 13.2 Å². The number of benzene rings is 2. The van der Waals surface area contributed by atoms with Gasteiger partial charge in [-0.25, -0.2) is 0 Å². The molecule has 0 atom stereocenters. The molecule has 0 aromatic heterocycles. The van der Waals surface area contributed by atoms with Gasteiger partial charge >= 0.3 is 0 Å². The Labute approximate surface area is 164 Å². The first-order valence-corrected chi connectivity index (χ1v) is 9.19. The molecule has 1 heterocycles. The maximum Gasteiger partial charge on any atom is 0.265 e. The van der Waals surface area contributed by atoms with Gasteiger partial charge in [-0.05, 0) is 49.2 Å². The van der Waals surface area contributed by atoms with Crippen molar-refractivity contribution in [1.29, 1.82) is 0 Å². The fourth-order valence-electron chi connectivity index (χ4n) is 2.92.